The number of rotatable bonds is 15. The zero-order valence-electron chi connectivity index (χ0n) is 17.5. The van der Waals surface area contributed by atoms with E-state index in [2.05, 4.69) is 6.92 Å². The average molecular weight is 404 g/mol. The largest absolute Gasteiger partial charge is 0.752 e. The smallest absolute Gasteiger partial charge is 0.325 e. The second-order valence-electron chi connectivity index (χ2n) is 8.66. The van der Waals surface area contributed by atoms with E-state index in [0.29, 0.717) is 0 Å². The molecule has 3 saturated heterocycles. The number of unbranched alkanes of at least 4 members (excludes halogenated alkanes) is 13. The summed E-state index contributed by atoms with van der Waals surface area (Å²) in [6, 6.07) is 0. The first kappa shape index (κ1) is 23.3. The number of nitrogens with zero attached hydrogens (tertiary/aromatic N) is 1. The molecule has 3 aliphatic rings. The van der Waals surface area contributed by atoms with Crippen LogP contribution in [0.1, 0.15) is 110 Å². The highest BCUT2D eigenvalue weighted by Crippen LogP contribution is 2.50. The number of fused-ring (bicyclic) bond motifs is 4. The minimum absolute atomic E-state index is 0.154. The summed E-state index contributed by atoms with van der Waals surface area (Å²) in [5.74, 6) is 0. The Morgan fingerprint density at radius 1 is 0.815 bits per heavy atom. The van der Waals surface area contributed by atoms with Crippen molar-refractivity contribution < 1.29 is 23.3 Å². The molecule has 3 fully saturated rings. The third-order valence-corrected chi connectivity index (χ3v) is 7.29. The zero-order valence-corrected chi connectivity index (χ0v) is 18.4. The van der Waals surface area contributed by atoms with Crippen molar-refractivity contribution >= 4 is 7.82 Å². The molecule has 3 heterocycles. The lowest BCUT2D eigenvalue weighted by molar-refractivity contribution is -1.09. The maximum Gasteiger partial charge on any atom is 0.325 e. The number of phosphoric acid groups is 1. The van der Waals surface area contributed by atoms with Gasteiger partial charge in [-0.25, -0.2) is 0 Å². The third-order valence-electron chi connectivity index (χ3n) is 6.19. The Hall–Kier alpha value is 0.0700. The fraction of sp³-hybridized carbons (Fsp3) is 1.00. The van der Waals surface area contributed by atoms with Gasteiger partial charge in [0.05, 0.1) is 6.10 Å². The SMILES string of the molecule is CCCCCCCCCCCCCCCC[N+]12CCC(CC1)OP(=O)([O-])O2. The highest BCUT2D eigenvalue weighted by Gasteiger charge is 2.44. The summed E-state index contributed by atoms with van der Waals surface area (Å²) in [6.45, 7) is 4.62. The molecule has 0 spiro atoms. The minimum Gasteiger partial charge on any atom is -0.752 e. The van der Waals surface area contributed by atoms with Gasteiger partial charge in [0, 0.05) is 12.8 Å². The first-order valence-corrected chi connectivity index (χ1v) is 13.1. The quantitative estimate of drug-likeness (QED) is 0.195. The Bertz CT molecular complexity index is 438. The molecule has 0 aliphatic carbocycles. The maximum absolute atomic E-state index is 11.9. The number of hydrogen-bond donors (Lipinski definition) is 0. The van der Waals surface area contributed by atoms with Crippen LogP contribution in [0.4, 0.5) is 0 Å². The Balaban J connectivity index is 1.42. The molecule has 0 saturated carbocycles. The predicted molar refractivity (Wildman–Crippen MR) is 108 cm³/mol. The predicted octanol–water partition coefficient (Wildman–Crippen LogP) is 5.88. The van der Waals surface area contributed by atoms with Gasteiger partial charge in [0.15, 0.2) is 0 Å². The summed E-state index contributed by atoms with van der Waals surface area (Å²) in [7, 11) is -4.11. The van der Waals surface area contributed by atoms with E-state index in [1.807, 2.05) is 0 Å². The van der Waals surface area contributed by atoms with Crippen LogP contribution in [0.2, 0.25) is 0 Å². The van der Waals surface area contributed by atoms with Gasteiger partial charge in [-0.1, -0.05) is 84.0 Å². The molecule has 0 aromatic heterocycles. The van der Waals surface area contributed by atoms with Crippen molar-refractivity contribution in [2.45, 2.75) is 116 Å². The minimum atomic E-state index is -4.11. The Morgan fingerprint density at radius 2 is 1.26 bits per heavy atom. The van der Waals surface area contributed by atoms with Crippen LogP contribution in [0.3, 0.4) is 0 Å². The van der Waals surface area contributed by atoms with Gasteiger partial charge in [-0.15, -0.1) is 4.62 Å². The number of hydrogen-bond acceptors (Lipinski definition) is 4. The summed E-state index contributed by atoms with van der Waals surface area (Å²) < 4.78 is 22.6. The lowest BCUT2D eigenvalue weighted by atomic mass is 10.0. The van der Waals surface area contributed by atoms with Crippen molar-refractivity contribution in [3.8, 4) is 0 Å². The molecule has 0 amide bonds. The molecule has 3 aliphatic heterocycles. The number of piperidine rings is 1. The van der Waals surface area contributed by atoms with E-state index in [-0.39, 0.29) is 10.8 Å². The van der Waals surface area contributed by atoms with Crippen molar-refractivity contribution in [2.75, 3.05) is 19.6 Å². The summed E-state index contributed by atoms with van der Waals surface area (Å²) >= 11 is 0. The molecule has 0 radical (unpaired) electrons. The molecule has 0 aromatic rings. The Labute approximate surface area is 167 Å². The van der Waals surface area contributed by atoms with Gasteiger partial charge in [0.1, 0.15) is 19.6 Å². The number of phosphoric ester groups is 1. The van der Waals surface area contributed by atoms with Crippen molar-refractivity contribution in [1.82, 2.24) is 0 Å². The monoisotopic (exact) mass is 403 g/mol. The highest BCUT2D eigenvalue weighted by molar-refractivity contribution is 7.45. The molecule has 3 rings (SSSR count). The third kappa shape index (κ3) is 9.41. The second-order valence-corrected chi connectivity index (χ2v) is 9.93. The number of quaternary nitrogens is 1. The first-order chi connectivity index (χ1) is 13.1. The standard InChI is InChI=1S/C21H42NO4P/c1-2-3-4-5-6-7-8-9-10-11-12-13-14-15-18-22-19-16-21(17-20-22)25-27(23,24)26-22/h21H,2-20H2,1H3. The van der Waals surface area contributed by atoms with E-state index in [1.54, 1.807) is 0 Å². The summed E-state index contributed by atoms with van der Waals surface area (Å²) in [5, 5.41) is 0. The van der Waals surface area contributed by atoms with Gasteiger partial charge in [0.2, 0.25) is 0 Å². The highest BCUT2D eigenvalue weighted by atomic mass is 31.2. The van der Waals surface area contributed by atoms with E-state index >= 15 is 0 Å². The fourth-order valence-electron chi connectivity index (χ4n) is 4.47. The van der Waals surface area contributed by atoms with Crippen molar-refractivity contribution in [3.63, 3.8) is 0 Å². The molecule has 0 aromatic carbocycles. The van der Waals surface area contributed by atoms with Crippen LogP contribution in [-0.2, 0) is 13.7 Å². The van der Waals surface area contributed by atoms with Crippen molar-refractivity contribution in [2.24, 2.45) is 0 Å². The summed E-state index contributed by atoms with van der Waals surface area (Å²) in [6.07, 6.45) is 20.1. The van der Waals surface area contributed by atoms with Crippen LogP contribution in [0.15, 0.2) is 0 Å². The van der Waals surface area contributed by atoms with Crippen LogP contribution >= 0.6 is 7.82 Å². The lowest BCUT2D eigenvalue weighted by Gasteiger charge is -2.37. The van der Waals surface area contributed by atoms with Crippen LogP contribution in [0.25, 0.3) is 0 Å². The van der Waals surface area contributed by atoms with Gasteiger partial charge >= 0.3 is 7.82 Å². The van der Waals surface area contributed by atoms with Gasteiger partial charge in [-0.05, 0) is 12.8 Å². The molecule has 6 heteroatoms. The van der Waals surface area contributed by atoms with Gasteiger partial charge in [-0.3, -0.25) is 4.57 Å². The van der Waals surface area contributed by atoms with E-state index in [9.17, 15) is 9.46 Å². The molecular weight excluding hydrogens is 361 g/mol. The molecule has 0 N–H and O–H groups in total. The van der Waals surface area contributed by atoms with E-state index in [0.717, 1.165) is 38.9 Å². The zero-order chi connectivity index (χ0) is 19.4. The van der Waals surface area contributed by atoms with Crippen molar-refractivity contribution in [1.29, 1.82) is 0 Å². The van der Waals surface area contributed by atoms with Crippen molar-refractivity contribution in [3.05, 3.63) is 0 Å². The van der Waals surface area contributed by atoms with Gasteiger partial charge < -0.3 is 9.42 Å². The second kappa shape index (κ2) is 12.6. The Morgan fingerprint density at radius 3 is 1.74 bits per heavy atom. The number of hydroxylamine groups is 3. The van der Waals surface area contributed by atoms with E-state index in [1.165, 1.54) is 83.5 Å². The summed E-state index contributed by atoms with van der Waals surface area (Å²) in [4.78, 5) is 11.9. The lowest BCUT2D eigenvalue weighted by Crippen LogP contribution is -2.51. The van der Waals surface area contributed by atoms with Crippen LogP contribution in [0.5, 0.6) is 0 Å². The van der Waals surface area contributed by atoms with Gasteiger partial charge in [-0.2, -0.15) is 4.65 Å². The molecular formula is C21H42NO4P. The van der Waals surface area contributed by atoms with E-state index < -0.39 is 7.82 Å². The molecule has 5 nitrogen and oxygen atoms in total. The first-order valence-electron chi connectivity index (χ1n) is 11.6. The topological polar surface area (TPSA) is 58.6 Å². The molecule has 160 valence electrons. The van der Waals surface area contributed by atoms with Crippen LogP contribution < -0.4 is 4.89 Å². The average Bonchev–Trinajstić information content (AvgIpc) is 2.85. The van der Waals surface area contributed by atoms with E-state index in [4.69, 9.17) is 9.15 Å². The molecule has 27 heavy (non-hydrogen) atoms. The molecule has 1 atom stereocenters. The van der Waals surface area contributed by atoms with Crippen LogP contribution in [-0.4, -0.2) is 30.4 Å². The normalized spacial score (nSPS) is 30.5. The fourth-order valence-corrected chi connectivity index (χ4v) is 5.76. The van der Waals surface area contributed by atoms with Gasteiger partial charge in [0.25, 0.3) is 0 Å². The molecule has 2 bridgehead atoms. The molecule has 1 unspecified atom stereocenters. The Kier molecular flexibility index (Phi) is 10.9. The maximum atomic E-state index is 11.9. The summed E-state index contributed by atoms with van der Waals surface area (Å²) in [5.41, 5.74) is 0. The van der Waals surface area contributed by atoms with Crippen LogP contribution in [0, 0.1) is 0 Å².